The van der Waals surface area contributed by atoms with E-state index in [-0.39, 0.29) is 5.91 Å². The molecule has 0 bridgehead atoms. The number of hydrogen-bond acceptors (Lipinski definition) is 3. The molecular weight excluding hydrogens is 192 g/mol. The highest BCUT2D eigenvalue weighted by atomic mass is 16.5. The molecule has 76 valence electrons. The number of amides is 1. The van der Waals surface area contributed by atoms with Crippen molar-refractivity contribution < 1.29 is 9.53 Å². The smallest absolute Gasteiger partial charge is 0.254 e. The first-order valence-electron chi connectivity index (χ1n) is 4.63. The SMILES string of the molecule is COc1ccc(C(=O)N2CC2)cc1C#N. The normalized spacial score (nSPS) is 13.2. The van der Waals surface area contributed by atoms with Crippen molar-refractivity contribution >= 4 is 5.91 Å². The summed E-state index contributed by atoms with van der Waals surface area (Å²) < 4.78 is 5.00. The predicted octanol–water partition coefficient (Wildman–Crippen LogP) is 1.02. The molecule has 1 aliphatic rings. The van der Waals surface area contributed by atoms with Crippen molar-refractivity contribution in [2.45, 2.75) is 0 Å². The van der Waals surface area contributed by atoms with Crippen LogP contribution in [0.2, 0.25) is 0 Å². The van der Waals surface area contributed by atoms with E-state index >= 15 is 0 Å². The highest BCUT2D eigenvalue weighted by Gasteiger charge is 2.25. The molecule has 0 aromatic heterocycles. The summed E-state index contributed by atoms with van der Waals surface area (Å²) in [6.45, 7) is 1.62. The van der Waals surface area contributed by atoms with Crippen LogP contribution < -0.4 is 4.74 Å². The fourth-order valence-electron chi connectivity index (χ4n) is 1.36. The van der Waals surface area contributed by atoms with Gasteiger partial charge in [0.1, 0.15) is 11.8 Å². The summed E-state index contributed by atoms with van der Waals surface area (Å²) in [5.74, 6) is 0.481. The van der Waals surface area contributed by atoms with E-state index in [4.69, 9.17) is 10.00 Å². The number of carbonyl (C=O) groups is 1. The molecule has 1 aromatic carbocycles. The van der Waals surface area contributed by atoms with Gasteiger partial charge >= 0.3 is 0 Å². The molecule has 0 N–H and O–H groups in total. The van der Waals surface area contributed by atoms with Crippen LogP contribution in [0.15, 0.2) is 18.2 Å². The Morgan fingerprint density at radius 3 is 2.80 bits per heavy atom. The van der Waals surface area contributed by atoms with Crippen LogP contribution in [0.25, 0.3) is 0 Å². The average molecular weight is 202 g/mol. The standard InChI is InChI=1S/C11H10N2O2/c1-15-10-3-2-8(6-9(10)7-12)11(14)13-4-5-13/h2-3,6H,4-5H2,1H3. The third-order valence-corrected chi connectivity index (χ3v) is 2.30. The molecular formula is C11H10N2O2. The van der Waals surface area contributed by atoms with Crippen molar-refractivity contribution in [3.63, 3.8) is 0 Å². The second-order valence-electron chi connectivity index (χ2n) is 3.32. The Morgan fingerprint density at radius 2 is 2.27 bits per heavy atom. The lowest BCUT2D eigenvalue weighted by Gasteiger charge is -2.05. The van der Waals surface area contributed by atoms with Crippen LogP contribution in [0.4, 0.5) is 0 Å². The van der Waals surface area contributed by atoms with Gasteiger partial charge in [0.25, 0.3) is 5.91 Å². The van der Waals surface area contributed by atoms with Crippen molar-refractivity contribution in [3.05, 3.63) is 29.3 Å². The maximum absolute atomic E-state index is 11.7. The van der Waals surface area contributed by atoms with E-state index in [1.54, 1.807) is 23.1 Å². The first-order valence-corrected chi connectivity index (χ1v) is 4.63. The summed E-state index contributed by atoms with van der Waals surface area (Å²) in [5.41, 5.74) is 0.940. The third kappa shape index (κ3) is 1.77. The number of rotatable bonds is 2. The minimum Gasteiger partial charge on any atom is -0.495 e. The van der Waals surface area contributed by atoms with Crippen molar-refractivity contribution in [2.75, 3.05) is 20.2 Å². The molecule has 1 heterocycles. The van der Waals surface area contributed by atoms with E-state index in [1.807, 2.05) is 6.07 Å². The van der Waals surface area contributed by atoms with Crippen LogP contribution in [0.3, 0.4) is 0 Å². The zero-order valence-electron chi connectivity index (χ0n) is 8.36. The number of methoxy groups -OCH3 is 1. The number of benzene rings is 1. The Hall–Kier alpha value is -2.02. The molecule has 0 saturated carbocycles. The summed E-state index contributed by atoms with van der Waals surface area (Å²) in [6.07, 6.45) is 0. The monoisotopic (exact) mass is 202 g/mol. The van der Waals surface area contributed by atoms with E-state index in [1.165, 1.54) is 7.11 Å². The van der Waals surface area contributed by atoms with Gasteiger partial charge in [-0.3, -0.25) is 4.79 Å². The molecule has 1 aromatic rings. The van der Waals surface area contributed by atoms with Gasteiger partial charge in [-0.2, -0.15) is 5.26 Å². The van der Waals surface area contributed by atoms with Crippen molar-refractivity contribution in [2.24, 2.45) is 0 Å². The molecule has 0 unspecified atom stereocenters. The Balaban J connectivity index is 2.34. The molecule has 0 aliphatic carbocycles. The minimum atomic E-state index is -0.0193. The average Bonchev–Trinajstić information content (AvgIpc) is 3.11. The molecule has 4 heteroatoms. The van der Waals surface area contributed by atoms with Gasteiger partial charge in [0.2, 0.25) is 0 Å². The van der Waals surface area contributed by atoms with Crippen molar-refractivity contribution in [1.82, 2.24) is 4.90 Å². The zero-order chi connectivity index (χ0) is 10.8. The molecule has 4 nitrogen and oxygen atoms in total. The molecule has 15 heavy (non-hydrogen) atoms. The Bertz CT molecular complexity index is 444. The molecule has 0 spiro atoms. The van der Waals surface area contributed by atoms with Gasteiger partial charge in [0.15, 0.2) is 0 Å². The summed E-state index contributed by atoms with van der Waals surface area (Å²) in [5, 5.41) is 8.86. The predicted molar refractivity (Wildman–Crippen MR) is 53.6 cm³/mol. The van der Waals surface area contributed by atoms with E-state index in [9.17, 15) is 4.79 Å². The van der Waals surface area contributed by atoms with Crippen LogP contribution in [0, 0.1) is 11.3 Å². The van der Waals surface area contributed by atoms with Gasteiger partial charge < -0.3 is 9.64 Å². The lowest BCUT2D eigenvalue weighted by molar-refractivity contribution is 0.0885. The second kappa shape index (κ2) is 3.62. The fourth-order valence-corrected chi connectivity index (χ4v) is 1.36. The molecule has 0 atom stereocenters. The number of hydrogen-bond donors (Lipinski definition) is 0. The van der Waals surface area contributed by atoms with Gasteiger partial charge in [-0.15, -0.1) is 0 Å². The third-order valence-electron chi connectivity index (χ3n) is 2.30. The lowest BCUT2D eigenvalue weighted by atomic mass is 10.1. The summed E-state index contributed by atoms with van der Waals surface area (Å²) >= 11 is 0. The van der Waals surface area contributed by atoms with Gasteiger partial charge in [-0.1, -0.05) is 0 Å². The lowest BCUT2D eigenvalue weighted by Crippen LogP contribution is -2.10. The summed E-state index contributed by atoms with van der Waals surface area (Å²) in [7, 11) is 1.50. The van der Waals surface area contributed by atoms with E-state index in [0.29, 0.717) is 16.9 Å². The molecule has 2 rings (SSSR count). The first kappa shape index (κ1) is 9.53. The maximum Gasteiger partial charge on any atom is 0.254 e. The van der Waals surface area contributed by atoms with Crippen molar-refractivity contribution in [1.29, 1.82) is 5.26 Å². The van der Waals surface area contributed by atoms with Gasteiger partial charge in [0, 0.05) is 18.7 Å². The van der Waals surface area contributed by atoms with Crippen LogP contribution in [-0.2, 0) is 0 Å². The quantitative estimate of drug-likeness (QED) is 0.673. The minimum absolute atomic E-state index is 0.0193. The van der Waals surface area contributed by atoms with Crippen LogP contribution in [0.1, 0.15) is 15.9 Å². The largest absolute Gasteiger partial charge is 0.495 e. The van der Waals surface area contributed by atoms with Crippen LogP contribution in [0.5, 0.6) is 5.75 Å². The van der Waals surface area contributed by atoms with Crippen molar-refractivity contribution in [3.8, 4) is 11.8 Å². The number of nitrogens with zero attached hydrogens (tertiary/aromatic N) is 2. The van der Waals surface area contributed by atoms with Gasteiger partial charge in [-0.05, 0) is 18.2 Å². The van der Waals surface area contributed by atoms with Gasteiger partial charge in [0.05, 0.1) is 12.7 Å². The number of nitriles is 1. The van der Waals surface area contributed by atoms with Crippen LogP contribution >= 0.6 is 0 Å². The molecule has 1 aliphatic heterocycles. The maximum atomic E-state index is 11.7. The molecule has 1 amide bonds. The van der Waals surface area contributed by atoms with Gasteiger partial charge in [-0.25, -0.2) is 0 Å². The summed E-state index contributed by atoms with van der Waals surface area (Å²) in [4.78, 5) is 13.4. The zero-order valence-corrected chi connectivity index (χ0v) is 8.36. The Morgan fingerprint density at radius 1 is 1.53 bits per heavy atom. The second-order valence-corrected chi connectivity index (χ2v) is 3.32. The molecule has 1 fully saturated rings. The van der Waals surface area contributed by atoms with E-state index in [0.717, 1.165) is 13.1 Å². The van der Waals surface area contributed by atoms with E-state index < -0.39 is 0 Å². The highest BCUT2D eigenvalue weighted by Crippen LogP contribution is 2.21. The fraction of sp³-hybridized carbons (Fsp3) is 0.273. The first-order chi connectivity index (χ1) is 7.26. The number of carbonyl (C=O) groups excluding carboxylic acids is 1. The Kier molecular flexibility index (Phi) is 2.30. The summed E-state index contributed by atoms with van der Waals surface area (Å²) in [6, 6.07) is 6.90. The van der Waals surface area contributed by atoms with Crippen LogP contribution in [-0.4, -0.2) is 31.0 Å². The topological polar surface area (TPSA) is 53.1 Å². The molecule has 0 radical (unpaired) electrons. The molecule has 1 saturated heterocycles. The number of ether oxygens (including phenoxy) is 1. The van der Waals surface area contributed by atoms with E-state index in [2.05, 4.69) is 0 Å². The highest BCUT2D eigenvalue weighted by molar-refractivity contribution is 5.96. The Labute approximate surface area is 87.7 Å².